The fourth-order valence-corrected chi connectivity index (χ4v) is 1.63. The lowest BCUT2D eigenvalue weighted by molar-refractivity contribution is 0.0907. The lowest BCUT2D eigenvalue weighted by Gasteiger charge is -2.25. The molecule has 4 heteroatoms. The van der Waals surface area contributed by atoms with Crippen LogP contribution in [0.25, 0.3) is 0 Å². The van der Waals surface area contributed by atoms with Crippen molar-refractivity contribution in [2.75, 3.05) is 6.54 Å². The SMILES string of the molecule is Cc1ccc(O)c(C(=O)NC(C)(C)CCN)c1. The highest BCUT2D eigenvalue weighted by molar-refractivity contribution is 5.97. The van der Waals surface area contributed by atoms with Gasteiger partial charge in [-0.05, 0) is 45.9 Å². The normalized spacial score (nSPS) is 11.3. The van der Waals surface area contributed by atoms with Gasteiger partial charge in [0.15, 0.2) is 0 Å². The Morgan fingerprint density at radius 2 is 2.12 bits per heavy atom. The summed E-state index contributed by atoms with van der Waals surface area (Å²) in [5.74, 6) is -0.277. The smallest absolute Gasteiger partial charge is 0.255 e. The van der Waals surface area contributed by atoms with Crippen molar-refractivity contribution < 1.29 is 9.90 Å². The molecule has 0 aliphatic heterocycles. The standard InChI is InChI=1S/C13H20N2O2/c1-9-4-5-11(16)10(8-9)12(17)15-13(2,3)6-7-14/h4-5,8,16H,6-7,14H2,1-3H3,(H,15,17). The van der Waals surface area contributed by atoms with E-state index in [1.165, 1.54) is 6.07 Å². The fraction of sp³-hybridized carbons (Fsp3) is 0.462. The molecule has 94 valence electrons. The maximum atomic E-state index is 12.0. The van der Waals surface area contributed by atoms with Crippen LogP contribution in [0.5, 0.6) is 5.75 Å². The minimum atomic E-state index is -0.373. The van der Waals surface area contributed by atoms with Crippen LogP contribution in [-0.4, -0.2) is 23.1 Å². The second-order valence-electron chi connectivity index (χ2n) is 4.90. The Balaban J connectivity index is 2.86. The summed E-state index contributed by atoms with van der Waals surface area (Å²) in [4.78, 5) is 12.0. The Hall–Kier alpha value is -1.55. The highest BCUT2D eigenvalue weighted by Gasteiger charge is 2.21. The minimum absolute atomic E-state index is 0.00310. The summed E-state index contributed by atoms with van der Waals surface area (Å²) in [6.07, 6.45) is 0.686. The van der Waals surface area contributed by atoms with Crippen LogP contribution in [0, 0.1) is 6.92 Å². The minimum Gasteiger partial charge on any atom is -0.507 e. The molecule has 4 N–H and O–H groups in total. The molecule has 4 nitrogen and oxygen atoms in total. The Bertz CT molecular complexity index is 414. The van der Waals surface area contributed by atoms with E-state index in [4.69, 9.17) is 5.73 Å². The Morgan fingerprint density at radius 3 is 2.71 bits per heavy atom. The van der Waals surface area contributed by atoms with E-state index in [9.17, 15) is 9.90 Å². The number of amides is 1. The van der Waals surface area contributed by atoms with Gasteiger partial charge in [0.05, 0.1) is 5.56 Å². The van der Waals surface area contributed by atoms with E-state index >= 15 is 0 Å². The average molecular weight is 236 g/mol. The fourth-order valence-electron chi connectivity index (χ4n) is 1.63. The van der Waals surface area contributed by atoms with Crippen LogP contribution < -0.4 is 11.1 Å². The van der Waals surface area contributed by atoms with E-state index in [-0.39, 0.29) is 17.2 Å². The molecule has 1 rings (SSSR count). The van der Waals surface area contributed by atoms with E-state index in [0.717, 1.165) is 5.56 Å². The zero-order chi connectivity index (χ0) is 13.1. The van der Waals surface area contributed by atoms with Crippen molar-refractivity contribution in [2.24, 2.45) is 5.73 Å². The summed E-state index contributed by atoms with van der Waals surface area (Å²) in [6.45, 7) is 6.20. The summed E-state index contributed by atoms with van der Waals surface area (Å²) in [5, 5.41) is 12.5. The van der Waals surface area contributed by atoms with Crippen molar-refractivity contribution in [1.82, 2.24) is 5.32 Å². The third-order valence-electron chi connectivity index (χ3n) is 2.62. The van der Waals surface area contributed by atoms with Crippen LogP contribution >= 0.6 is 0 Å². The molecule has 1 amide bonds. The first-order valence-corrected chi connectivity index (χ1v) is 5.68. The van der Waals surface area contributed by atoms with Crippen molar-refractivity contribution in [3.8, 4) is 5.75 Å². The second kappa shape index (κ2) is 5.19. The number of rotatable bonds is 4. The van der Waals surface area contributed by atoms with Crippen LogP contribution in [-0.2, 0) is 0 Å². The van der Waals surface area contributed by atoms with Crippen molar-refractivity contribution >= 4 is 5.91 Å². The molecule has 1 aromatic carbocycles. The highest BCUT2D eigenvalue weighted by Crippen LogP contribution is 2.19. The molecule has 0 aromatic heterocycles. The molecule has 0 radical (unpaired) electrons. The van der Waals surface area contributed by atoms with Gasteiger partial charge in [0.25, 0.3) is 5.91 Å². The van der Waals surface area contributed by atoms with Gasteiger partial charge in [-0.15, -0.1) is 0 Å². The monoisotopic (exact) mass is 236 g/mol. The molecule has 0 saturated carbocycles. The molecular formula is C13H20N2O2. The van der Waals surface area contributed by atoms with Crippen molar-refractivity contribution in [3.05, 3.63) is 29.3 Å². The number of aromatic hydroxyl groups is 1. The number of nitrogens with one attached hydrogen (secondary N) is 1. The summed E-state index contributed by atoms with van der Waals surface area (Å²) in [7, 11) is 0. The Labute approximate surface area is 102 Å². The molecule has 0 unspecified atom stereocenters. The molecule has 1 aromatic rings. The number of phenolic OH excluding ortho intramolecular Hbond substituents is 1. The van der Waals surface area contributed by atoms with Gasteiger partial charge in [-0.2, -0.15) is 0 Å². The maximum absolute atomic E-state index is 12.0. The topological polar surface area (TPSA) is 75.3 Å². The predicted molar refractivity (Wildman–Crippen MR) is 68.1 cm³/mol. The van der Waals surface area contributed by atoms with Crippen molar-refractivity contribution in [1.29, 1.82) is 0 Å². The molecule has 17 heavy (non-hydrogen) atoms. The number of carbonyl (C=O) groups excluding carboxylic acids is 1. The summed E-state index contributed by atoms with van der Waals surface area (Å²) in [5.41, 5.74) is 6.35. The lowest BCUT2D eigenvalue weighted by Crippen LogP contribution is -2.44. The average Bonchev–Trinajstić information content (AvgIpc) is 2.20. The van der Waals surface area contributed by atoms with Crippen molar-refractivity contribution in [3.63, 3.8) is 0 Å². The molecule has 0 heterocycles. The van der Waals surface area contributed by atoms with Gasteiger partial charge in [-0.1, -0.05) is 11.6 Å². The van der Waals surface area contributed by atoms with E-state index in [0.29, 0.717) is 18.5 Å². The molecule has 0 aliphatic carbocycles. The quantitative estimate of drug-likeness (QED) is 0.742. The predicted octanol–water partition coefficient (Wildman–Crippen LogP) is 1.56. The lowest BCUT2D eigenvalue weighted by atomic mass is 9.99. The van der Waals surface area contributed by atoms with E-state index in [2.05, 4.69) is 5.32 Å². The van der Waals surface area contributed by atoms with Crippen molar-refractivity contribution in [2.45, 2.75) is 32.7 Å². The van der Waals surface area contributed by atoms with Gasteiger partial charge < -0.3 is 16.2 Å². The first-order chi connectivity index (χ1) is 7.85. The zero-order valence-electron chi connectivity index (χ0n) is 10.6. The zero-order valence-corrected chi connectivity index (χ0v) is 10.6. The maximum Gasteiger partial charge on any atom is 0.255 e. The van der Waals surface area contributed by atoms with Gasteiger partial charge >= 0.3 is 0 Å². The molecule has 0 atom stereocenters. The highest BCUT2D eigenvalue weighted by atomic mass is 16.3. The van der Waals surface area contributed by atoms with Crippen LogP contribution in [0.1, 0.15) is 36.2 Å². The molecule has 0 bridgehead atoms. The Morgan fingerprint density at radius 1 is 1.47 bits per heavy atom. The summed E-state index contributed by atoms with van der Waals surface area (Å²) < 4.78 is 0. The van der Waals surface area contributed by atoms with E-state index < -0.39 is 0 Å². The Kier molecular flexibility index (Phi) is 4.12. The molecular weight excluding hydrogens is 216 g/mol. The third-order valence-corrected chi connectivity index (χ3v) is 2.62. The number of hydrogen-bond donors (Lipinski definition) is 3. The van der Waals surface area contributed by atoms with Gasteiger partial charge in [-0.25, -0.2) is 0 Å². The van der Waals surface area contributed by atoms with Crippen LogP contribution in [0.15, 0.2) is 18.2 Å². The van der Waals surface area contributed by atoms with E-state index in [1.807, 2.05) is 20.8 Å². The number of aryl methyl sites for hydroxylation is 1. The second-order valence-corrected chi connectivity index (χ2v) is 4.90. The summed E-state index contributed by atoms with van der Waals surface area (Å²) >= 11 is 0. The van der Waals surface area contributed by atoms with Gasteiger partial charge in [-0.3, -0.25) is 4.79 Å². The molecule has 0 aliphatic rings. The number of nitrogens with two attached hydrogens (primary N) is 1. The molecule has 0 saturated heterocycles. The van der Waals surface area contributed by atoms with E-state index in [1.54, 1.807) is 12.1 Å². The summed E-state index contributed by atoms with van der Waals surface area (Å²) in [6, 6.07) is 4.96. The van der Waals surface area contributed by atoms with Crippen LogP contribution in [0.3, 0.4) is 0 Å². The van der Waals surface area contributed by atoms with Gasteiger partial charge in [0.1, 0.15) is 5.75 Å². The first-order valence-electron chi connectivity index (χ1n) is 5.68. The van der Waals surface area contributed by atoms with Gasteiger partial charge in [0, 0.05) is 5.54 Å². The largest absolute Gasteiger partial charge is 0.507 e. The number of hydrogen-bond acceptors (Lipinski definition) is 3. The first kappa shape index (κ1) is 13.5. The molecule has 0 spiro atoms. The van der Waals surface area contributed by atoms with Gasteiger partial charge in [0.2, 0.25) is 0 Å². The van der Waals surface area contributed by atoms with Crippen LogP contribution in [0.4, 0.5) is 0 Å². The molecule has 0 fully saturated rings. The number of carbonyl (C=O) groups is 1. The third kappa shape index (κ3) is 3.75. The number of phenols is 1. The number of benzene rings is 1. The van der Waals surface area contributed by atoms with Crippen LogP contribution in [0.2, 0.25) is 0 Å².